The molecule has 98 valence electrons. The van der Waals surface area contributed by atoms with E-state index in [1.165, 1.54) is 5.69 Å². The number of amides is 1. The number of aromatic amines is 1. The average Bonchev–Trinajstić information content (AvgIpc) is 3.09. The number of carbonyl (C=O) groups is 1. The summed E-state index contributed by atoms with van der Waals surface area (Å²) < 4.78 is 0. The summed E-state index contributed by atoms with van der Waals surface area (Å²) in [6, 6.07) is 4.36. The first kappa shape index (κ1) is 11.8. The lowest BCUT2D eigenvalue weighted by Gasteiger charge is -2.28. The van der Waals surface area contributed by atoms with Crippen molar-refractivity contribution in [2.75, 3.05) is 19.6 Å². The van der Waals surface area contributed by atoms with Gasteiger partial charge in [0.25, 0.3) is 0 Å². The van der Waals surface area contributed by atoms with Crippen LogP contribution in [0.15, 0.2) is 18.3 Å². The first-order valence-electron chi connectivity index (χ1n) is 6.92. The predicted octanol–water partition coefficient (Wildman–Crippen LogP) is 1.53. The summed E-state index contributed by atoms with van der Waals surface area (Å²) >= 11 is 0. The normalized spacial score (nSPS) is 32.1. The summed E-state index contributed by atoms with van der Waals surface area (Å²) in [6.07, 6.45) is 4.14. The third-order valence-electron chi connectivity index (χ3n) is 4.35. The van der Waals surface area contributed by atoms with Crippen LogP contribution in [0.1, 0.15) is 31.5 Å². The molecule has 2 aliphatic heterocycles. The highest BCUT2D eigenvalue weighted by Gasteiger charge is 2.38. The number of rotatable bonds is 2. The smallest absolute Gasteiger partial charge is 0.227 e. The lowest BCUT2D eigenvalue weighted by atomic mass is 9.96. The summed E-state index contributed by atoms with van der Waals surface area (Å²) in [4.78, 5) is 18.0. The van der Waals surface area contributed by atoms with Gasteiger partial charge in [-0.05, 0) is 37.4 Å². The van der Waals surface area contributed by atoms with Crippen molar-refractivity contribution in [1.29, 1.82) is 0 Å². The highest BCUT2D eigenvalue weighted by atomic mass is 16.2. The van der Waals surface area contributed by atoms with Gasteiger partial charge in [0, 0.05) is 25.0 Å². The molecular formula is C14H21N3O. The van der Waals surface area contributed by atoms with Crippen molar-refractivity contribution >= 4 is 5.91 Å². The molecule has 2 fully saturated rings. The largest absolute Gasteiger partial charge is 0.363 e. The van der Waals surface area contributed by atoms with Crippen molar-refractivity contribution in [3.8, 4) is 0 Å². The Bertz CT molecular complexity index is 415. The molecule has 0 saturated carbocycles. The molecule has 2 aliphatic rings. The van der Waals surface area contributed by atoms with Gasteiger partial charge in [-0.1, -0.05) is 6.92 Å². The van der Waals surface area contributed by atoms with Crippen LogP contribution in [0.25, 0.3) is 0 Å². The van der Waals surface area contributed by atoms with E-state index >= 15 is 0 Å². The molecule has 0 aromatic carbocycles. The lowest BCUT2D eigenvalue weighted by molar-refractivity contribution is -0.137. The number of hydrogen-bond acceptors (Lipinski definition) is 2. The minimum atomic E-state index is 0.167. The first-order chi connectivity index (χ1) is 8.77. The second-order valence-electron chi connectivity index (χ2n) is 5.56. The Morgan fingerprint density at radius 3 is 3.00 bits per heavy atom. The molecular weight excluding hydrogens is 226 g/mol. The van der Waals surface area contributed by atoms with E-state index in [4.69, 9.17) is 0 Å². The number of nitrogens with zero attached hydrogens (tertiary/aromatic N) is 1. The zero-order chi connectivity index (χ0) is 12.5. The average molecular weight is 247 g/mol. The van der Waals surface area contributed by atoms with Gasteiger partial charge in [-0.25, -0.2) is 0 Å². The van der Waals surface area contributed by atoms with Gasteiger partial charge >= 0.3 is 0 Å². The number of aromatic nitrogens is 1. The number of nitrogens with one attached hydrogen (secondary N) is 2. The van der Waals surface area contributed by atoms with Crippen molar-refractivity contribution in [2.45, 2.75) is 25.8 Å². The third kappa shape index (κ3) is 1.94. The second-order valence-corrected chi connectivity index (χ2v) is 5.56. The third-order valence-corrected chi connectivity index (χ3v) is 4.35. The summed E-state index contributed by atoms with van der Waals surface area (Å²) in [6.45, 7) is 4.89. The van der Waals surface area contributed by atoms with Gasteiger partial charge in [0.05, 0.1) is 12.0 Å². The maximum absolute atomic E-state index is 12.6. The number of H-pyrrole nitrogens is 1. The van der Waals surface area contributed by atoms with Crippen molar-refractivity contribution in [3.05, 3.63) is 24.0 Å². The van der Waals surface area contributed by atoms with Crippen LogP contribution in [0.4, 0.5) is 0 Å². The second kappa shape index (κ2) is 4.76. The molecule has 0 bridgehead atoms. The Kier molecular flexibility index (Phi) is 3.12. The molecule has 4 heteroatoms. The lowest BCUT2D eigenvalue weighted by Crippen LogP contribution is -2.38. The van der Waals surface area contributed by atoms with E-state index in [1.54, 1.807) is 0 Å². The Morgan fingerprint density at radius 1 is 1.44 bits per heavy atom. The topological polar surface area (TPSA) is 48.1 Å². The predicted molar refractivity (Wildman–Crippen MR) is 70.0 cm³/mol. The fourth-order valence-corrected chi connectivity index (χ4v) is 3.26. The van der Waals surface area contributed by atoms with Crippen LogP contribution in [0.2, 0.25) is 0 Å². The molecule has 1 aromatic heterocycles. The molecule has 0 spiro atoms. The van der Waals surface area contributed by atoms with Gasteiger partial charge in [-0.15, -0.1) is 0 Å². The minimum absolute atomic E-state index is 0.167. The van der Waals surface area contributed by atoms with E-state index < -0.39 is 0 Å². The van der Waals surface area contributed by atoms with Gasteiger partial charge in [0.15, 0.2) is 0 Å². The summed E-state index contributed by atoms with van der Waals surface area (Å²) in [5.74, 6) is 0.965. The van der Waals surface area contributed by atoms with Gasteiger partial charge in [-0.3, -0.25) is 4.79 Å². The molecule has 3 atom stereocenters. The van der Waals surface area contributed by atoms with Crippen LogP contribution in [0.5, 0.6) is 0 Å². The van der Waals surface area contributed by atoms with Crippen LogP contribution in [0.3, 0.4) is 0 Å². The van der Waals surface area contributed by atoms with E-state index in [0.29, 0.717) is 11.8 Å². The molecule has 1 aromatic rings. The van der Waals surface area contributed by atoms with Crippen LogP contribution in [0, 0.1) is 11.8 Å². The quantitative estimate of drug-likeness (QED) is 0.832. The van der Waals surface area contributed by atoms with Gasteiger partial charge in [0.2, 0.25) is 5.91 Å². The molecule has 3 rings (SSSR count). The monoisotopic (exact) mass is 247 g/mol. The molecule has 0 aliphatic carbocycles. The van der Waals surface area contributed by atoms with E-state index in [0.717, 1.165) is 32.5 Å². The number of hydrogen-bond donors (Lipinski definition) is 2. The summed E-state index contributed by atoms with van der Waals surface area (Å²) in [5.41, 5.74) is 1.18. The summed E-state index contributed by atoms with van der Waals surface area (Å²) in [5, 5.41) is 3.32. The maximum atomic E-state index is 12.6. The first-order valence-corrected chi connectivity index (χ1v) is 6.92. The van der Waals surface area contributed by atoms with Crippen molar-refractivity contribution in [3.63, 3.8) is 0 Å². The highest BCUT2D eigenvalue weighted by molar-refractivity contribution is 5.80. The molecule has 18 heavy (non-hydrogen) atoms. The van der Waals surface area contributed by atoms with Crippen molar-refractivity contribution in [2.24, 2.45) is 11.8 Å². The molecule has 2 saturated heterocycles. The Labute approximate surface area is 108 Å². The van der Waals surface area contributed by atoms with Crippen molar-refractivity contribution in [1.82, 2.24) is 15.2 Å². The number of carbonyl (C=O) groups excluding carboxylic acids is 1. The van der Waals surface area contributed by atoms with Gasteiger partial charge in [-0.2, -0.15) is 0 Å². The van der Waals surface area contributed by atoms with Gasteiger partial charge < -0.3 is 15.2 Å². The van der Waals surface area contributed by atoms with E-state index in [1.807, 2.05) is 12.3 Å². The molecule has 3 unspecified atom stereocenters. The highest BCUT2D eigenvalue weighted by Crippen LogP contribution is 2.33. The zero-order valence-corrected chi connectivity index (χ0v) is 10.9. The molecule has 2 N–H and O–H groups in total. The Morgan fingerprint density at radius 2 is 2.33 bits per heavy atom. The van der Waals surface area contributed by atoms with E-state index in [-0.39, 0.29) is 12.0 Å². The Balaban J connectivity index is 1.76. The number of likely N-dealkylation sites (tertiary alicyclic amines) is 1. The standard InChI is InChI=1S/C14H21N3O/c1-10-8-15-9-11(10)14(18)17-7-3-5-13(17)12-4-2-6-16-12/h2,4,6,10-11,13,15-16H,3,5,7-9H2,1H3. The fraction of sp³-hybridized carbons (Fsp3) is 0.643. The molecule has 3 heterocycles. The maximum Gasteiger partial charge on any atom is 0.227 e. The van der Waals surface area contributed by atoms with E-state index in [2.05, 4.69) is 28.2 Å². The summed E-state index contributed by atoms with van der Waals surface area (Å²) in [7, 11) is 0. The fourth-order valence-electron chi connectivity index (χ4n) is 3.26. The van der Waals surface area contributed by atoms with E-state index in [9.17, 15) is 4.79 Å². The van der Waals surface area contributed by atoms with Gasteiger partial charge in [0.1, 0.15) is 0 Å². The molecule has 4 nitrogen and oxygen atoms in total. The SMILES string of the molecule is CC1CNCC1C(=O)N1CCCC1c1ccc[nH]1. The Hall–Kier alpha value is -1.29. The van der Waals surface area contributed by atoms with Crippen LogP contribution in [-0.2, 0) is 4.79 Å². The zero-order valence-electron chi connectivity index (χ0n) is 10.9. The molecule has 0 radical (unpaired) electrons. The van der Waals surface area contributed by atoms with Crippen LogP contribution >= 0.6 is 0 Å². The minimum Gasteiger partial charge on any atom is -0.363 e. The van der Waals surface area contributed by atoms with Crippen LogP contribution < -0.4 is 5.32 Å². The van der Waals surface area contributed by atoms with Crippen LogP contribution in [-0.4, -0.2) is 35.4 Å². The molecule has 1 amide bonds. The van der Waals surface area contributed by atoms with Crippen molar-refractivity contribution < 1.29 is 4.79 Å².